The second-order valence-corrected chi connectivity index (χ2v) is 5.56. The van der Waals surface area contributed by atoms with E-state index in [2.05, 4.69) is 0 Å². The summed E-state index contributed by atoms with van der Waals surface area (Å²) in [4.78, 5) is 26.1. The largest absolute Gasteiger partial charge is 0.382 e. The highest BCUT2D eigenvalue weighted by molar-refractivity contribution is 5.85. The number of carbonyl (C=O) groups is 2. The highest BCUT2D eigenvalue weighted by Gasteiger charge is 2.39. The first-order valence-corrected chi connectivity index (χ1v) is 7.64. The van der Waals surface area contributed by atoms with Gasteiger partial charge in [0.1, 0.15) is 5.78 Å². The van der Waals surface area contributed by atoms with E-state index in [1.807, 2.05) is 11.8 Å². The summed E-state index contributed by atoms with van der Waals surface area (Å²) in [5, 5.41) is 0. The van der Waals surface area contributed by atoms with Crippen LogP contribution in [0.1, 0.15) is 51.9 Å². The molecule has 1 saturated heterocycles. The number of hydrogen-bond acceptors (Lipinski definition) is 3. The van der Waals surface area contributed by atoms with E-state index in [9.17, 15) is 9.59 Å². The Morgan fingerprint density at radius 2 is 2.21 bits per heavy atom. The molecule has 2 aliphatic rings. The van der Waals surface area contributed by atoms with E-state index in [4.69, 9.17) is 4.74 Å². The van der Waals surface area contributed by atoms with Crippen molar-refractivity contribution in [3.8, 4) is 0 Å². The Labute approximate surface area is 115 Å². The number of Topliss-reactive ketones (excluding diaryl/α,β-unsaturated/α-hetero) is 1. The van der Waals surface area contributed by atoms with Crippen LogP contribution in [0.5, 0.6) is 0 Å². The molecule has 0 spiro atoms. The molecule has 0 radical (unpaired) electrons. The normalized spacial score (nSPS) is 27.2. The maximum Gasteiger partial charge on any atom is 0.222 e. The zero-order valence-electron chi connectivity index (χ0n) is 11.9. The predicted octanol–water partition coefficient (Wildman–Crippen LogP) is 2.16. The molecule has 2 fully saturated rings. The van der Waals surface area contributed by atoms with Crippen molar-refractivity contribution in [2.75, 3.05) is 19.8 Å². The van der Waals surface area contributed by atoms with Gasteiger partial charge in [-0.05, 0) is 39.0 Å². The van der Waals surface area contributed by atoms with Crippen molar-refractivity contribution < 1.29 is 14.3 Å². The van der Waals surface area contributed by atoms with Gasteiger partial charge in [0.15, 0.2) is 0 Å². The molecule has 1 aliphatic heterocycles. The first-order chi connectivity index (χ1) is 9.24. The van der Waals surface area contributed by atoms with E-state index in [0.717, 1.165) is 38.6 Å². The maximum absolute atomic E-state index is 12.2. The lowest BCUT2D eigenvalue weighted by Crippen LogP contribution is -2.41. The fraction of sp³-hybridized carbons (Fsp3) is 0.867. The van der Waals surface area contributed by atoms with Crippen molar-refractivity contribution in [2.45, 2.75) is 57.9 Å². The Balaban J connectivity index is 1.84. The lowest BCUT2D eigenvalue weighted by atomic mass is 9.95. The molecule has 2 unspecified atom stereocenters. The summed E-state index contributed by atoms with van der Waals surface area (Å²) < 4.78 is 5.27. The molecule has 2 atom stereocenters. The molecule has 1 heterocycles. The van der Waals surface area contributed by atoms with E-state index in [1.165, 1.54) is 0 Å². The number of hydrogen-bond donors (Lipinski definition) is 0. The van der Waals surface area contributed by atoms with Crippen LogP contribution < -0.4 is 0 Å². The molecule has 108 valence electrons. The monoisotopic (exact) mass is 267 g/mol. The standard InChI is InChI=1S/C15H25NO3/c1-2-19-11-5-9-15(18)16-10-4-7-13(16)12-6-3-8-14(12)17/h12-13H,2-11H2,1H3. The van der Waals surface area contributed by atoms with Gasteiger partial charge < -0.3 is 9.64 Å². The van der Waals surface area contributed by atoms with Gasteiger partial charge in [0.25, 0.3) is 0 Å². The third-order valence-corrected chi connectivity index (χ3v) is 4.32. The summed E-state index contributed by atoms with van der Waals surface area (Å²) in [6.45, 7) is 4.16. The number of ketones is 1. The maximum atomic E-state index is 12.2. The van der Waals surface area contributed by atoms with Crippen molar-refractivity contribution in [1.29, 1.82) is 0 Å². The lowest BCUT2D eigenvalue weighted by Gasteiger charge is -2.28. The minimum atomic E-state index is 0.123. The Hall–Kier alpha value is -0.900. The van der Waals surface area contributed by atoms with Gasteiger partial charge in [-0.15, -0.1) is 0 Å². The zero-order chi connectivity index (χ0) is 13.7. The number of ether oxygens (including phenoxy) is 1. The molecule has 1 aliphatic carbocycles. The van der Waals surface area contributed by atoms with Crippen molar-refractivity contribution in [3.05, 3.63) is 0 Å². The van der Waals surface area contributed by atoms with Crippen LogP contribution in [0.3, 0.4) is 0 Å². The molecule has 2 rings (SSSR count). The van der Waals surface area contributed by atoms with Gasteiger partial charge in [-0.25, -0.2) is 0 Å². The van der Waals surface area contributed by atoms with Crippen LogP contribution in [0.4, 0.5) is 0 Å². The van der Waals surface area contributed by atoms with E-state index in [1.54, 1.807) is 0 Å². The third kappa shape index (κ3) is 3.56. The highest BCUT2D eigenvalue weighted by atomic mass is 16.5. The summed E-state index contributed by atoms with van der Waals surface area (Å²) in [7, 11) is 0. The molecule has 0 bridgehead atoms. The topological polar surface area (TPSA) is 46.6 Å². The molecule has 0 aromatic rings. The van der Waals surface area contributed by atoms with Crippen molar-refractivity contribution >= 4 is 11.7 Å². The molecule has 19 heavy (non-hydrogen) atoms. The quantitative estimate of drug-likeness (QED) is 0.693. The predicted molar refractivity (Wildman–Crippen MR) is 72.8 cm³/mol. The van der Waals surface area contributed by atoms with E-state index < -0.39 is 0 Å². The molecule has 0 N–H and O–H groups in total. The number of carbonyl (C=O) groups excluding carboxylic acids is 2. The number of amides is 1. The Morgan fingerprint density at radius 3 is 2.89 bits per heavy atom. The first-order valence-electron chi connectivity index (χ1n) is 7.64. The van der Waals surface area contributed by atoms with Crippen molar-refractivity contribution in [2.24, 2.45) is 5.92 Å². The van der Waals surface area contributed by atoms with Crippen molar-refractivity contribution in [3.63, 3.8) is 0 Å². The van der Waals surface area contributed by atoms with Crippen molar-refractivity contribution in [1.82, 2.24) is 4.90 Å². The molecule has 0 aromatic heterocycles. The number of rotatable bonds is 6. The number of nitrogens with zero attached hydrogens (tertiary/aromatic N) is 1. The van der Waals surface area contributed by atoms with Gasteiger partial charge in [-0.2, -0.15) is 0 Å². The first kappa shape index (κ1) is 14.5. The van der Waals surface area contributed by atoms with Crippen LogP contribution >= 0.6 is 0 Å². The Kier molecular flexibility index (Phi) is 5.37. The van der Waals surface area contributed by atoms with Gasteiger partial charge in [-0.1, -0.05) is 0 Å². The zero-order valence-corrected chi connectivity index (χ0v) is 11.9. The summed E-state index contributed by atoms with van der Waals surface area (Å²) in [5.74, 6) is 0.708. The molecular formula is C15H25NO3. The lowest BCUT2D eigenvalue weighted by molar-refractivity contribution is -0.134. The molecule has 1 amide bonds. The average molecular weight is 267 g/mol. The molecule has 0 aromatic carbocycles. The second-order valence-electron chi connectivity index (χ2n) is 5.56. The summed E-state index contributed by atoms with van der Waals surface area (Å²) in [6, 6.07) is 0.189. The van der Waals surface area contributed by atoms with Crippen LogP contribution in [-0.2, 0) is 14.3 Å². The van der Waals surface area contributed by atoms with Gasteiger partial charge in [-0.3, -0.25) is 9.59 Å². The van der Waals surface area contributed by atoms with Crippen LogP contribution in [0.25, 0.3) is 0 Å². The average Bonchev–Trinajstić information content (AvgIpc) is 3.02. The van der Waals surface area contributed by atoms with Crippen LogP contribution in [-0.4, -0.2) is 42.4 Å². The summed E-state index contributed by atoms with van der Waals surface area (Å²) in [5.41, 5.74) is 0. The summed E-state index contributed by atoms with van der Waals surface area (Å²) in [6.07, 6.45) is 6.09. The smallest absolute Gasteiger partial charge is 0.222 e. The summed E-state index contributed by atoms with van der Waals surface area (Å²) >= 11 is 0. The fourth-order valence-corrected chi connectivity index (χ4v) is 3.38. The molecular weight excluding hydrogens is 242 g/mol. The molecule has 4 nitrogen and oxygen atoms in total. The van der Waals surface area contributed by atoms with Gasteiger partial charge in [0.2, 0.25) is 5.91 Å². The Morgan fingerprint density at radius 1 is 1.37 bits per heavy atom. The minimum absolute atomic E-state index is 0.123. The van der Waals surface area contributed by atoms with Crippen LogP contribution in [0, 0.1) is 5.92 Å². The van der Waals surface area contributed by atoms with E-state index >= 15 is 0 Å². The van der Waals surface area contributed by atoms with Gasteiger partial charge in [0, 0.05) is 44.6 Å². The van der Waals surface area contributed by atoms with E-state index in [0.29, 0.717) is 31.8 Å². The molecule has 1 saturated carbocycles. The highest BCUT2D eigenvalue weighted by Crippen LogP contribution is 2.33. The van der Waals surface area contributed by atoms with Crippen LogP contribution in [0.2, 0.25) is 0 Å². The molecule has 4 heteroatoms. The second kappa shape index (κ2) is 7.04. The van der Waals surface area contributed by atoms with Crippen LogP contribution in [0.15, 0.2) is 0 Å². The minimum Gasteiger partial charge on any atom is -0.382 e. The third-order valence-electron chi connectivity index (χ3n) is 4.32. The van der Waals surface area contributed by atoms with Gasteiger partial charge in [0.05, 0.1) is 0 Å². The van der Waals surface area contributed by atoms with E-state index in [-0.39, 0.29) is 17.9 Å². The number of likely N-dealkylation sites (tertiary alicyclic amines) is 1. The SMILES string of the molecule is CCOCCCC(=O)N1CCCC1C1CCCC1=O. The van der Waals surface area contributed by atoms with Gasteiger partial charge >= 0.3 is 0 Å². The fourth-order valence-electron chi connectivity index (χ4n) is 3.38. The Bertz CT molecular complexity index is 329.